The Morgan fingerprint density at radius 3 is 2.52 bits per heavy atom. The van der Waals surface area contributed by atoms with Crippen molar-refractivity contribution < 1.29 is 22.7 Å². The molecule has 0 fully saturated rings. The van der Waals surface area contributed by atoms with E-state index < -0.39 is 23.2 Å². The van der Waals surface area contributed by atoms with Crippen molar-refractivity contribution in [2.45, 2.75) is 13.1 Å². The molecule has 21 heavy (non-hydrogen) atoms. The van der Waals surface area contributed by atoms with E-state index in [4.69, 9.17) is 0 Å². The SMILES string of the molecule is Cc1cccc(C=Nc2cc(C(F)(F)F)ccc2F)c1O. The van der Waals surface area contributed by atoms with Crippen LogP contribution in [0.15, 0.2) is 41.4 Å². The highest BCUT2D eigenvalue weighted by Gasteiger charge is 2.31. The number of alkyl halides is 3. The number of hydrogen-bond donors (Lipinski definition) is 1. The summed E-state index contributed by atoms with van der Waals surface area (Å²) in [7, 11) is 0. The van der Waals surface area contributed by atoms with Crippen molar-refractivity contribution >= 4 is 11.9 Å². The van der Waals surface area contributed by atoms with Gasteiger partial charge in [-0.2, -0.15) is 13.2 Å². The fraction of sp³-hybridized carbons (Fsp3) is 0.133. The molecule has 0 spiro atoms. The monoisotopic (exact) mass is 297 g/mol. The molecule has 1 N–H and O–H groups in total. The topological polar surface area (TPSA) is 32.6 Å². The molecular weight excluding hydrogens is 286 g/mol. The summed E-state index contributed by atoms with van der Waals surface area (Å²) in [6.45, 7) is 1.66. The first-order valence-corrected chi connectivity index (χ1v) is 5.98. The molecule has 0 radical (unpaired) electrons. The van der Waals surface area contributed by atoms with Crippen LogP contribution in [-0.2, 0) is 6.18 Å². The van der Waals surface area contributed by atoms with E-state index in [1.54, 1.807) is 19.1 Å². The van der Waals surface area contributed by atoms with Crippen LogP contribution in [0.25, 0.3) is 0 Å². The molecule has 110 valence electrons. The largest absolute Gasteiger partial charge is 0.507 e. The van der Waals surface area contributed by atoms with Crippen molar-refractivity contribution in [3.05, 3.63) is 58.9 Å². The van der Waals surface area contributed by atoms with Crippen molar-refractivity contribution in [3.63, 3.8) is 0 Å². The summed E-state index contributed by atoms with van der Waals surface area (Å²) in [4.78, 5) is 3.69. The molecule has 2 nitrogen and oxygen atoms in total. The minimum Gasteiger partial charge on any atom is -0.507 e. The van der Waals surface area contributed by atoms with Crippen LogP contribution in [-0.4, -0.2) is 11.3 Å². The Hall–Kier alpha value is -2.37. The lowest BCUT2D eigenvalue weighted by molar-refractivity contribution is -0.137. The van der Waals surface area contributed by atoms with Gasteiger partial charge in [-0.1, -0.05) is 12.1 Å². The fourth-order valence-electron chi connectivity index (χ4n) is 1.71. The number of phenols is 1. The van der Waals surface area contributed by atoms with Crippen molar-refractivity contribution in [1.82, 2.24) is 0 Å². The predicted octanol–water partition coefficient (Wildman–Crippen LogP) is 4.61. The number of phenolic OH excluding ortho intramolecular Hbond substituents is 1. The molecule has 0 unspecified atom stereocenters. The van der Waals surface area contributed by atoms with Crippen molar-refractivity contribution in [2.24, 2.45) is 4.99 Å². The zero-order valence-corrected chi connectivity index (χ0v) is 10.9. The first kappa shape index (κ1) is 15.0. The Bertz CT molecular complexity index is 693. The van der Waals surface area contributed by atoms with Gasteiger partial charge in [-0.15, -0.1) is 0 Å². The molecule has 0 aliphatic heterocycles. The third-order valence-corrected chi connectivity index (χ3v) is 2.89. The molecular formula is C15H11F4NO. The first-order chi connectivity index (χ1) is 9.79. The van der Waals surface area contributed by atoms with Crippen LogP contribution in [0.5, 0.6) is 5.75 Å². The summed E-state index contributed by atoms with van der Waals surface area (Å²) in [6.07, 6.45) is -3.44. The number of hydrogen-bond acceptors (Lipinski definition) is 2. The lowest BCUT2D eigenvalue weighted by Crippen LogP contribution is -2.04. The third-order valence-electron chi connectivity index (χ3n) is 2.89. The van der Waals surface area contributed by atoms with Gasteiger partial charge in [0.1, 0.15) is 11.6 Å². The standard InChI is InChI=1S/C15H11F4NO/c1-9-3-2-4-10(14(9)21)8-20-13-7-11(15(17,18)19)5-6-12(13)16/h2-8,21H,1H3. The highest BCUT2D eigenvalue weighted by molar-refractivity contribution is 5.86. The molecule has 2 rings (SSSR count). The summed E-state index contributed by atoms with van der Waals surface area (Å²) >= 11 is 0. The van der Waals surface area contributed by atoms with E-state index >= 15 is 0 Å². The number of rotatable bonds is 2. The molecule has 0 saturated heterocycles. The second kappa shape index (κ2) is 5.55. The number of aliphatic imine (C=N–C) groups is 1. The number of aryl methyl sites for hydroxylation is 1. The van der Waals surface area contributed by atoms with Crippen LogP contribution in [0.1, 0.15) is 16.7 Å². The fourth-order valence-corrected chi connectivity index (χ4v) is 1.71. The van der Waals surface area contributed by atoms with Crippen LogP contribution in [0, 0.1) is 12.7 Å². The second-order valence-electron chi connectivity index (χ2n) is 4.43. The van der Waals surface area contributed by atoms with Crippen LogP contribution >= 0.6 is 0 Å². The van der Waals surface area contributed by atoms with E-state index in [-0.39, 0.29) is 5.75 Å². The van der Waals surface area contributed by atoms with Gasteiger partial charge in [-0.3, -0.25) is 4.99 Å². The molecule has 0 aliphatic rings. The van der Waals surface area contributed by atoms with Gasteiger partial charge in [0.25, 0.3) is 0 Å². The minimum atomic E-state index is -4.57. The predicted molar refractivity (Wildman–Crippen MR) is 71.5 cm³/mol. The number of benzene rings is 2. The number of halogens is 4. The third kappa shape index (κ3) is 3.39. The van der Waals surface area contributed by atoms with E-state index in [9.17, 15) is 22.7 Å². The van der Waals surface area contributed by atoms with E-state index in [1.165, 1.54) is 6.07 Å². The van der Waals surface area contributed by atoms with Gasteiger partial charge in [0, 0.05) is 11.8 Å². The average Bonchev–Trinajstić information content (AvgIpc) is 2.40. The maximum absolute atomic E-state index is 13.5. The van der Waals surface area contributed by atoms with Gasteiger partial charge in [0.05, 0.1) is 11.3 Å². The number of nitrogens with zero attached hydrogens (tertiary/aromatic N) is 1. The van der Waals surface area contributed by atoms with Crippen molar-refractivity contribution in [3.8, 4) is 5.75 Å². The molecule has 6 heteroatoms. The molecule has 2 aromatic rings. The highest BCUT2D eigenvalue weighted by Crippen LogP contribution is 2.32. The van der Waals surface area contributed by atoms with Gasteiger partial charge in [-0.25, -0.2) is 4.39 Å². The summed E-state index contributed by atoms with van der Waals surface area (Å²) in [5.41, 5.74) is -0.537. The van der Waals surface area contributed by atoms with E-state index in [1.807, 2.05) is 0 Å². The quantitative estimate of drug-likeness (QED) is 0.637. The maximum Gasteiger partial charge on any atom is 0.416 e. The zero-order valence-electron chi connectivity index (χ0n) is 10.9. The second-order valence-corrected chi connectivity index (χ2v) is 4.43. The smallest absolute Gasteiger partial charge is 0.416 e. The lowest BCUT2D eigenvalue weighted by Gasteiger charge is -2.07. The minimum absolute atomic E-state index is 0.0476. The Morgan fingerprint density at radius 2 is 1.86 bits per heavy atom. The molecule has 0 heterocycles. The van der Waals surface area contributed by atoms with E-state index in [0.29, 0.717) is 29.3 Å². The molecule has 0 bridgehead atoms. The Kier molecular flexibility index (Phi) is 3.97. The molecule has 0 saturated carbocycles. The molecule has 2 aromatic carbocycles. The summed E-state index contributed by atoms with van der Waals surface area (Å²) in [5, 5.41) is 9.76. The average molecular weight is 297 g/mol. The van der Waals surface area contributed by atoms with E-state index in [0.717, 1.165) is 6.21 Å². The van der Waals surface area contributed by atoms with Crippen LogP contribution in [0.2, 0.25) is 0 Å². The molecule has 0 aromatic heterocycles. The summed E-state index contributed by atoms with van der Waals surface area (Å²) in [5.74, 6) is -0.917. The number of para-hydroxylation sites is 1. The van der Waals surface area contributed by atoms with Crippen molar-refractivity contribution in [2.75, 3.05) is 0 Å². The van der Waals surface area contributed by atoms with Crippen LogP contribution in [0.3, 0.4) is 0 Å². The van der Waals surface area contributed by atoms with Crippen LogP contribution < -0.4 is 0 Å². The van der Waals surface area contributed by atoms with E-state index in [2.05, 4.69) is 4.99 Å². The highest BCUT2D eigenvalue weighted by atomic mass is 19.4. The van der Waals surface area contributed by atoms with Gasteiger partial charge < -0.3 is 5.11 Å². The summed E-state index contributed by atoms with van der Waals surface area (Å²) in [6, 6.07) is 6.83. The van der Waals surface area contributed by atoms with Gasteiger partial charge in [0.15, 0.2) is 0 Å². The first-order valence-electron chi connectivity index (χ1n) is 5.98. The lowest BCUT2D eigenvalue weighted by atomic mass is 10.1. The molecule has 0 aliphatic carbocycles. The van der Waals surface area contributed by atoms with Crippen LogP contribution in [0.4, 0.5) is 23.2 Å². The number of aromatic hydroxyl groups is 1. The molecule has 0 amide bonds. The zero-order chi connectivity index (χ0) is 15.6. The summed E-state index contributed by atoms with van der Waals surface area (Å²) < 4.78 is 51.2. The van der Waals surface area contributed by atoms with Gasteiger partial charge in [0.2, 0.25) is 0 Å². The van der Waals surface area contributed by atoms with Gasteiger partial charge >= 0.3 is 6.18 Å². The Labute approximate surface area is 118 Å². The normalized spacial score (nSPS) is 12.0. The Morgan fingerprint density at radius 1 is 1.14 bits per heavy atom. The maximum atomic E-state index is 13.5. The molecule has 0 atom stereocenters. The van der Waals surface area contributed by atoms with Crippen molar-refractivity contribution in [1.29, 1.82) is 0 Å². The van der Waals surface area contributed by atoms with Gasteiger partial charge in [-0.05, 0) is 36.8 Å². The Balaban J connectivity index is 2.39.